The maximum Gasteiger partial charge on any atom is 0.331 e. The van der Waals surface area contributed by atoms with Gasteiger partial charge in [0, 0.05) is 21.8 Å². The Morgan fingerprint density at radius 3 is 2.33 bits per heavy atom. The molecule has 0 spiro atoms. The zero-order valence-electron chi connectivity index (χ0n) is 12.8. The molecule has 1 N–H and O–H groups in total. The Hall–Kier alpha value is -2.30. The summed E-state index contributed by atoms with van der Waals surface area (Å²) in [4.78, 5) is 23.8. The number of amides is 1. The SMILES string of the molecule is C[C@H](OC(=O)/C=C/c1ccccc1)C(=O)Nc1cc(Cl)cc(Cl)c1. The molecule has 6 heteroatoms. The van der Waals surface area contributed by atoms with Crippen molar-refractivity contribution in [1.82, 2.24) is 0 Å². The Morgan fingerprint density at radius 2 is 1.71 bits per heavy atom. The van der Waals surface area contributed by atoms with Crippen molar-refractivity contribution in [2.45, 2.75) is 13.0 Å². The highest BCUT2D eigenvalue weighted by molar-refractivity contribution is 6.35. The molecule has 1 atom stereocenters. The van der Waals surface area contributed by atoms with Crippen LogP contribution >= 0.6 is 23.2 Å². The quantitative estimate of drug-likeness (QED) is 0.624. The zero-order valence-corrected chi connectivity index (χ0v) is 14.3. The minimum absolute atomic E-state index is 0.397. The number of benzene rings is 2. The molecule has 1 amide bonds. The van der Waals surface area contributed by atoms with Crippen molar-refractivity contribution in [3.05, 3.63) is 70.2 Å². The third-order valence-electron chi connectivity index (χ3n) is 3.00. The minimum atomic E-state index is -0.962. The van der Waals surface area contributed by atoms with E-state index in [4.69, 9.17) is 27.9 Å². The van der Waals surface area contributed by atoms with E-state index in [1.807, 2.05) is 30.3 Å². The van der Waals surface area contributed by atoms with Crippen molar-refractivity contribution in [2.75, 3.05) is 5.32 Å². The van der Waals surface area contributed by atoms with Gasteiger partial charge in [-0.05, 0) is 36.8 Å². The van der Waals surface area contributed by atoms with Crippen LogP contribution < -0.4 is 5.32 Å². The molecule has 124 valence electrons. The first kappa shape index (κ1) is 18.0. The minimum Gasteiger partial charge on any atom is -0.449 e. The van der Waals surface area contributed by atoms with Crippen molar-refractivity contribution in [3.63, 3.8) is 0 Å². The first-order valence-corrected chi connectivity index (χ1v) is 7.90. The molecule has 2 aromatic carbocycles. The Morgan fingerprint density at radius 1 is 1.08 bits per heavy atom. The van der Waals surface area contributed by atoms with E-state index >= 15 is 0 Å². The second kappa shape index (κ2) is 8.52. The number of carbonyl (C=O) groups is 2. The number of anilines is 1. The van der Waals surface area contributed by atoms with Crippen LogP contribution in [-0.4, -0.2) is 18.0 Å². The van der Waals surface area contributed by atoms with Gasteiger partial charge in [-0.1, -0.05) is 53.5 Å². The average Bonchev–Trinajstić information content (AvgIpc) is 2.53. The molecular formula is C18H15Cl2NO3. The summed E-state index contributed by atoms with van der Waals surface area (Å²) in [5.74, 6) is -1.08. The highest BCUT2D eigenvalue weighted by Crippen LogP contribution is 2.22. The summed E-state index contributed by atoms with van der Waals surface area (Å²) in [6.07, 6.45) is 1.93. The van der Waals surface area contributed by atoms with E-state index in [2.05, 4.69) is 5.32 Å². The highest BCUT2D eigenvalue weighted by atomic mass is 35.5. The zero-order chi connectivity index (χ0) is 17.5. The molecular weight excluding hydrogens is 349 g/mol. The number of rotatable bonds is 5. The number of ether oxygens (including phenoxy) is 1. The Balaban J connectivity index is 1.91. The smallest absolute Gasteiger partial charge is 0.331 e. The highest BCUT2D eigenvalue weighted by Gasteiger charge is 2.17. The Bertz CT molecular complexity index is 740. The van der Waals surface area contributed by atoms with Crippen LogP contribution in [0.1, 0.15) is 12.5 Å². The van der Waals surface area contributed by atoms with E-state index in [1.165, 1.54) is 13.0 Å². The van der Waals surface area contributed by atoms with Gasteiger partial charge >= 0.3 is 5.97 Å². The molecule has 0 fully saturated rings. The third-order valence-corrected chi connectivity index (χ3v) is 3.44. The lowest BCUT2D eigenvalue weighted by Gasteiger charge is -2.12. The summed E-state index contributed by atoms with van der Waals surface area (Å²) >= 11 is 11.7. The number of hydrogen-bond donors (Lipinski definition) is 1. The van der Waals surface area contributed by atoms with Gasteiger partial charge in [-0.25, -0.2) is 4.79 Å². The van der Waals surface area contributed by atoms with Crippen LogP contribution in [0, 0.1) is 0 Å². The lowest BCUT2D eigenvalue weighted by molar-refractivity contribution is -0.148. The first-order chi connectivity index (χ1) is 11.4. The molecule has 4 nitrogen and oxygen atoms in total. The van der Waals surface area contributed by atoms with Gasteiger partial charge in [0.2, 0.25) is 0 Å². The van der Waals surface area contributed by atoms with Gasteiger partial charge in [0.1, 0.15) is 0 Å². The second-order valence-corrected chi connectivity index (χ2v) is 5.84. The van der Waals surface area contributed by atoms with Crippen molar-refractivity contribution in [2.24, 2.45) is 0 Å². The Kier molecular flexibility index (Phi) is 6.41. The summed E-state index contributed by atoms with van der Waals surface area (Å²) in [5, 5.41) is 3.39. The molecule has 0 heterocycles. The predicted molar refractivity (Wildman–Crippen MR) is 96.1 cm³/mol. The molecule has 0 saturated heterocycles. The standard InChI is InChI=1S/C18H15Cl2NO3/c1-12(18(23)21-16-10-14(19)9-15(20)11-16)24-17(22)8-7-13-5-3-2-4-6-13/h2-12H,1H3,(H,21,23)/b8-7+/t12-/m0/s1. The first-order valence-electron chi connectivity index (χ1n) is 7.15. The normalized spacial score (nSPS) is 12.0. The van der Waals surface area contributed by atoms with E-state index in [0.29, 0.717) is 15.7 Å². The van der Waals surface area contributed by atoms with Gasteiger partial charge < -0.3 is 10.1 Å². The summed E-state index contributed by atoms with van der Waals surface area (Å²) in [6, 6.07) is 13.9. The summed E-state index contributed by atoms with van der Waals surface area (Å²) in [7, 11) is 0. The summed E-state index contributed by atoms with van der Waals surface area (Å²) in [5.41, 5.74) is 1.29. The van der Waals surface area contributed by atoms with Crippen LogP contribution in [0.15, 0.2) is 54.6 Å². The molecule has 0 unspecified atom stereocenters. The average molecular weight is 364 g/mol. The van der Waals surface area contributed by atoms with Gasteiger partial charge in [-0.2, -0.15) is 0 Å². The molecule has 0 aliphatic carbocycles. The fourth-order valence-corrected chi connectivity index (χ4v) is 2.39. The molecule has 0 aliphatic heterocycles. The van der Waals surface area contributed by atoms with Crippen LogP contribution in [0.25, 0.3) is 6.08 Å². The molecule has 2 rings (SSSR count). The van der Waals surface area contributed by atoms with Crippen molar-refractivity contribution < 1.29 is 14.3 Å². The van der Waals surface area contributed by atoms with Crippen LogP contribution in [0.2, 0.25) is 10.0 Å². The maximum atomic E-state index is 12.0. The molecule has 0 aromatic heterocycles. The molecule has 2 aromatic rings. The number of halogens is 2. The second-order valence-electron chi connectivity index (χ2n) is 4.97. The number of carbonyl (C=O) groups excluding carboxylic acids is 2. The largest absolute Gasteiger partial charge is 0.449 e. The number of hydrogen-bond acceptors (Lipinski definition) is 3. The molecule has 0 radical (unpaired) electrons. The maximum absolute atomic E-state index is 12.0. The van der Waals surface area contributed by atoms with E-state index < -0.39 is 18.0 Å². The van der Waals surface area contributed by atoms with E-state index in [0.717, 1.165) is 5.56 Å². The third kappa shape index (κ3) is 5.72. The van der Waals surface area contributed by atoms with Gasteiger partial charge in [-0.3, -0.25) is 4.79 Å². The summed E-state index contributed by atoms with van der Waals surface area (Å²) in [6.45, 7) is 1.48. The number of nitrogens with one attached hydrogen (secondary N) is 1. The van der Waals surface area contributed by atoms with Crippen molar-refractivity contribution in [1.29, 1.82) is 0 Å². The van der Waals surface area contributed by atoms with Gasteiger partial charge in [-0.15, -0.1) is 0 Å². The van der Waals surface area contributed by atoms with Crippen LogP contribution in [0.5, 0.6) is 0 Å². The number of esters is 1. The van der Waals surface area contributed by atoms with Gasteiger partial charge in [0.15, 0.2) is 6.10 Å². The molecule has 0 saturated carbocycles. The van der Waals surface area contributed by atoms with Crippen molar-refractivity contribution >= 4 is 46.8 Å². The van der Waals surface area contributed by atoms with Gasteiger partial charge in [0.25, 0.3) is 5.91 Å². The fraction of sp³-hybridized carbons (Fsp3) is 0.111. The lowest BCUT2D eigenvalue weighted by Crippen LogP contribution is -2.29. The summed E-state index contributed by atoms with van der Waals surface area (Å²) < 4.78 is 5.06. The molecule has 0 aliphatic rings. The van der Waals surface area contributed by atoms with Gasteiger partial charge in [0.05, 0.1) is 0 Å². The monoisotopic (exact) mass is 363 g/mol. The van der Waals surface area contributed by atoms with Crippen LogP contribution in [0.4, 0.5) is 5.69 Å². The molecule has 0 bridgehead atoms. The van der Waals surface area contributed by atoms with E-state index in [1.54, 1.807) is 24.3 Å². The predicted octanol–water partition coefficient (Wildman–Crippen LogP) is 4.58. The van der Waals surface area contributed by atoms with E-state index in [9.17, 15) is 9.59 Å². The van der Waals surface area contributed by atoms with Crippen LogP contribution in [-0.2, 0) is 14.3 Å². The lowest BCUT2D eigenvalue weighted by atomic mass is 10.2. The van der Waals surface area contributed by atoms with Crippen LogP contribution in [0.3, 0.4) is 0 Å². The Labute approximate surface area is 150 Å². The topological polar surface area (TPSA) is 55.4 Å². The van der Waals surface area contributed by atoms with E-state index in [-0.39, 0.29) is 0 Å². The fourth-order valence-electron chi connectivity index (χ4n) is 1.87. The van der Waals surface area contributed by atoms with Crippen molar-refractivity contribution in [3.8, 4) is 0 Å². The molecule has 24 heavy (non-hydrogen) atoms.